The van der Waals surface area contributed by atoms with Gasteiger partial charge in [-0.1, -0.05) is 73.5 Å². The molecule has 1 N–H and O–H groups in total. The number of thiazole rings is 1. The van der Waals surface area contributed by atoms with Crippen LogP contribution in [0, 0.1) is 5.92 Å². The van der Waals surface area contributed by atoms with Gasteiger partial charge in [-0.25, -0.2) is 4.98 Å². The summed E-state index contributed by atoms with van der Waals surface area (Å²) in [6.07, 6.45) is 5.44. The van der Waals surface area contributed by atoms with E-state index in [1.165, 1.54) is 5.56 Å². The van der Waals surface area contributed by atoms with Crippen molar-refractivity contribution in [2.24, 2.45) is 5.92 Å². The Hall–Kier alpha value is -2.50. The molecule has 0 spiro atoms. The van der Waals surface area contributed by atoms with Gasteiger partial charge in [0, 0.05) is 30.3 Å². The summed E-state index contributed by atoms with van der Waals surface area (Å²) in [7, 11) is 0. The molecule has 0 unspecified atom stereocenters. The van der Waals surface area contributed by atoms with Crippen molar-refractivity contribution in [2.45, 2.75) is 50.2 Å². The molecule has 3 aromatic rings. The van der Waals surface area contributed by atoms with Crippen LogP contribution in [0.3, 0.4) is 0 Å². The summed E-state index contributed by atoms with van der Waals surface area (Å²) in [6.45, 7) is 0.566. The Balaban J connectivity index is 1.37. The minimum Gasteiger partial charge on any atom is -0.385 e. The van der Waals surface area contributed by atoms with E-state index in [0.29, 0.717) is 18.7 Å². The molecule has 0 bridgehead atoms. The minimum absolute atomic E-state index is 0.0163. The number of hydrogen-bond acceptors (Lipinski definition) is 4. The molecule has 4 nitrogen and oxygen atoms in total. The van der Waals surface area contributed by atoms with Gasteiger partial charge in [0.25, 0.3) is 5.91 Å². The van der Waals surface area contributed by atoms with Crippen molar-refractivity contribution in [3.63, 3.8) is 0 Å². The number of piperidine rings is 1. The molecule has 1 aliphatic heterocycles. The van der Waals surface area contributed by atoms with E-state index in [1.807, 2.05) is 58.8 Å². The predicted octanol–water partition coefficient (Wildman–Crippen LogP) is 5.03. The van der Waals surface area contributed by atoms with Gasteiger partial charge in [0.2, 0.25) is 0 Å². The largest absolute Gasteiger partial charge is 0.385 e. The first-order chi connectivity index (χ1) is 15.1. The van der Waals surface area contributed by atoms with Gasteiger partial charge in [0.15, 0.2) is 0 Å². The predicted molar refractivity (Wildman–Crippen MR) is 123 cm³/mol. The summed E-state index contributed by atoms with van der Waals surface area (Å²) in [5.41, 5.74) is 1.88. The average molecular weight is 433 g/mol. The molecule has 1 aliphatic carbocycles. The summed E-state index contributed by atoms with van der Waals surface area (Å²) in [5, 5.41) is 14.6. The second-order valence-corrected chi connectivity index (χ2v) is 9.73. The van der Waals surface area contributed by atoms with E-state index in [9.17, 15) is 9.90 Å². The van der Waals surface area contributed by atoms with Crippen LogP contribution in [0.4, 0.5) is 0 Å². The van der Waals surface area contributed by atoms with Gasteiger partial charge in [-0.15, -0.1) is 11.3 Å². The lowest BCUT2D eigenvalue weighted by atomic mass is 9.66. The van der Waals surface area contributed by atoms with Crippen molar-refractivity contribution in [1.29, 1.82) is 0 Å². The first-order valence-corrected chi connectivity index (χ1v) is 12.1. The lowest BCUT2D eigenvalue weighted by Crippen LogP contribution is -2.59. The monoisotopic (exact) mass is 432 g/mol. The van der Waals surface area contributed by atoms with Crippen molar-refractivity contribution in [1.82, 2.24) is 9.88 Å². The highest BCUT2D eigenvalue weighted by molar-refractivity contribution is 7.09. The molecular weight excluding hydrogens is 404 g/mol. The van der Waals surface area contributed by atoms with Crippen LogP contribution in [-0.4, -0.2) is 33.5 Å². The van der Waals surface area contributed by atoms with Crippen molar-refractivity contribution < 1.29 is 9.90 Å². The van der Waals surface area contributed by atoms with Crippen LogP contribution >= 0.6 is 11.3 Å². The maximum Gasteiger partial charge on any atom is 0.273 e. The fourth-order valence-electron chi connectivity index (χ4n) is 5.43. The highest BCUT2D eigenvalue weighted by Crippen LogP contribution is 2.47. The van der Waals surface area contributed by atoms with E-state index >= 15 is 0 Å². The number of aromatic nitrogens is 1. The Morgan fingerprint density at radius 2 is 1.77 bits per heavy atom. The van der Waals surface area contributed by atoms with Crippen LogP contribution in [0.15, 0.2) is 66.0 Å². The number of hydrogen-bond donors (Lipinski definition) is 1. The number of benzene rings is 2. The molecule has 1 aromatic heterocycles. The van der Waals surface area contributed by atoms with E-state index < -0.39 is 5.60 Å². The van der Waals surface area contributed by atoms with Gasteiger partial charge in [-0.2, -0.15) is 0 Å². The lowest BCUT2D eigenvalue weighted by Gasteiger charge is -2.52. The molecule has 31 heavy (non-hydrogen) atoms. The normalized spacial score (nSPS) is 25.8. The van der Waals surface area contributed by atoms with E-state index in [4.69, 9.17) is 0 Å². The maximum atomic E-state index is 13.5. The first kappa shape index (κ1) is 20.4. The Kier molecular flexibility index (Phi) is 5.63. The van der Waals surface area contributed by atoms with Crippen molar-refractivity contribution >= 4 is 17.2 Å². The number of nitrogens with zero attached hydrogens (tertiary/aromatic N) is 2. The molecule has 160 valence electrons. The van der Waals surface area contributed by atoms with Gasteiger partial charge in [-0.05, 0) is 30.4 Å². The van der Waals surface area contributed by atoms with Gasteiger partial charge < -0.3 is 10.0 Å². The molecule has 1 saturated heterocycles. The maximum absolute atomic E-state index is 13.5. The van der Waals surface area contributed by atoms with Crippen LogP contribution < -0.4 is 0 Å². The highest BCUT2D eigenvalue weighted by Gasteiger charge is 2.50. The molecule has 2 fully saturated rings. The number of carbonyl (C=O) groups is 1. The smallest absolute Gasteiger partial charge is 0.273 e. The zero-order valence-corrected chi connectivity index (χ0v) is 18.4. The molecule has 5 rings (SSSR count). The number of carbonyl (C=O) groups excluding carboxylic acids is 1. The Morgan fingerprint density at radius 3 is 2.55 bits per heavy atom. The van der Waals surface area contributed by atoms with Crippen LogP contribution in [0.2, 0.25) is 0 Å². The summed E-state index contributed by atoms with van der Waals surface area (Å²) in [6, 6.07) is 20.3. The Bertz CT molecular complexity index is 1040. The molecule has 0 radical (unpaired) electrons. The minimum atomic E-state index is -0.857. The van der Waals surface area contributed by atoms with Crippen LogP contribution in [0.5, 0.6) is 0 Å². The van der Waals surface area contributed by atoms with Gasteiger partial charge in [-0.3, -0.25) is 4.79 Å². The molecule has 1 saturated carbocycles. The SMILES string of the molecule is O=C(c1csc(Cc2ccccc2)n1)N1CC[C@](O)(c2ccccc2)[C@H]2CCCC[C@H]21. The number of fused-ring (bicyclic) bond motifs is 1. The number of likely N-dealkylation sites (tertiary alicyclic amines) is 1. The van der Waals surface area contributed by atoms with Crippen LogP contribution in [-0.2, 0) is 12.0 Å². The lowest BCUT2D eigenvalue weighted by molar-refractivity contribution is -0.110. The highest BCUT2D eigenvalue weighted by atomic mass is 32.1. The number of amides is 1. The number of aliphatic hydroxyl groups is 1. The zero-order chi connectivity index (χ0) is 21.3. The fraction of sp³-hybridized carbons (Fsp3) is 0.385. The third kappa shape index (κ3) is 3.92. The number of rotatable bonds is 4. The third-order valence-corrected chi connectivity index (χ3v) is 7.83. The van der Waals surface area contributed by atoms with Crippen molar-refractivity contribution in [3.05, 3.63) is 87.9 Å². The van der Waals surface area contributed by atoms with Crippen molar-refractivity contribution in [2.75, 3.05) is 6.54 Å². The van der Waals surface area contributed by atoms with E-state index in [2.05, 4.69) is 17.1 Å². The summed E-state index contributed by atoms with van der Waals surface area (Å²) in [4.78, 5) is 20.1. The summed E-state index contributed by atoms with van der Waals surface area (Å²) < 4.78 is 0. The molecule has 2 aromatic carbocycles. The standard InChI is InChI=1S/C26H28N2O2S/c29-25(22-18-31-24(27-22)17-19-9-3-1-4-10-19)28-16-15-26(30,20-11-5-2-6-12-20)21-13-7-8-14-23(21)28/h1-6,9-12,18,21,23,30H,7-8,13-17H2/t21-,23+,26-/m0/s1. The van der Waals surface area contributed by atoms with Gasteiger partial charge in [0.05, 0.1) is 10.6 Å². The molecule has 1 amide bonds. The molecule has 2 heterocycles. The topological polar surface area (TPSA) is 53.4 Å². The van der Waals surface area contributed by atoms with E-state index in [1.54, 1.807) is 11.3 Å². The van der Waals surface area contributed by atoms with Gasteiger partial charge >= 0.3 is 0 Å². The molecule has 3 atom stereocenters. The van der Waals surface area contributed by atoms with Crippen molar-refractivity contribution in [3.8, 4) is 0 Å². The van der Waals surface area contributed by atoms with E-state index in [-0.39, 0.29) is 17.9 Å². The average Bonchev–Trinajstić information content (AvgIpc) is 3.29. The Labute approximate surface area is 187 Å². The third-order valence-electron chi connectivity index (χ3n) is 6.98. The molecule has 5 heteroatoms. The second kappa shape index (κ2) is 8.56. The summed E-state index contributed by atoms with van der Waals surface area (Å²) >= 11 is 1.55. The van der Waals surface area contributed by atoms with Crippen LogP contribution in [0.25, 0.3) is 0 Å². The van der Waals surface area contributed by atoms with Gasteiger partial charge in [0.1, 0.15) is 5.69 Å². The van der Waals surface area contributed by atoms with Crippen LogP contribution in [0.1, 0.15) is 58.7 Å². The zero-order valence-electron chi connectivity index (χ0n) is 17.6. The molecular formula is C26H28N2O2S. The quantitative estimate of drug-likeness (QED) is 0.629. The first-order valence-electron chi connectivity index (χ1n) is 11.2. The summed E-state index contributed by atoms with van der Waals surface area (Å²) in [5.74, 6) is 0.0892. The van der Waals surface area contributed by atoms with E-state index in [0.717, 1.165) is 42.7 Å². The fourth-order valence-corrected chi connectivity index (χ4v) is 6.23. The molecule has 2 aliphatic rings. The Morgan fingerprint density at radius 1 is 1.06 bits per heavy atom. The second-order valence-electron chi connectivity index (χ2n) is 8.79.